The van der Waals surface area contributed by atoms with E-state index in [1.54, 1.807) is 18.5 Å². The lowest BCUT2D eigenvalue weighted by Gasteiger charge is -2.45. The summed E-state index contributed by atoms with van der Waals surface area (Å²) in [5, 5.41) is 9.79. The number of carbonyl (C=O) groups excluding carboxylic acids is 2. The van der Waals surface area contributed by atoms with E-state index >= 15 is 0 Å². The molecule has 1 aliphatic heterocycles. The predicted molar refractivity (Wildman–Crippen MR) is 134 cm³/mol. The number of halogens is 2. The zero-order valence-electron chi connectivity index (χ0n) is 21.3. The number of rotatable bonds is 7. The minimum Gasteiger partial charge on any atom is -0.355 e. The Morgan fingerprint density at radius 3 is 2.55 bits per heavy atom. The molecular formula is C27H30F2N6O3. The van der Waals surface area contributed by atoms with E-state index in [0.717, 1.165) is 31.5 Å². The summed E-state index contributed by atoms with van der Waals surface area (Å²) >= 11 is 0. The van der Waals surface area contributed by atoms with Crippen LogP contribution in [0.3, 0.4) is 0 Å². The summed E-state index contributed by atoms with van der Waals surface area (Å²) in [5.41, 5.74) is -0.872. The fourth-order valence-corrected chi connectivity index (χ4v) is 5.02. The lowest BCUT2D eigenvalue weighted by atomic mass is 9.84. The molecule has 1 aliphatic carbocycles. The number of nitrogens with zero attached hydrogens (tertiary/aromatic N) is 4. The Hall–Kier alpha value is -3.73. The SMILES string of the molecule is CC(C)(NC(=O)[C@H]1CN(C2CCC2)CC[C@@H]1NC(=O)c1cc(-c2ccc(F)cc2F)on1)c1ncccn1. The van der Waals surface area contributed by atoms with Gasteiger partial charge < -0.3 is 15.2 Å². The summed E-state index contributed by atoms with van der Waals surface area (Å²) in [6, 6.07) is 6.08. The van der Waals surface area contributed by atoms with Crippen molar-refractivity contribution in [2.45, 2.75) is 57.2 Å². The Bertz CT molecular complexity index is 1310. The van der Waals surface area contributed by atoms with E-state index in [2.05, 4.69) is 30.7 Å². The van der Waals surface area contributed by atoms with Crippen molar-refractivity contribution in [1.82, 2.24) is 30.7 Å². The van der Waals surface area contributed by atoms with Gasteiger partial charge in [0.2, 0.25) is 5.91 Å². The van der Waals surface area contributed by atoms with Crippen molar-refractivity contribution in [2.75, 3.05) is 13.1 Å². The van der Waals surface area contributed by atoms with Gasteiger partial charge in [-0.2, -0.15) is 0 Å². The maximum Gasteiger partial charge on any atom is 0.273 e. The molecule has 1 saturated heterocycles. The first-order valence-electron chi connectivity index (χ1n) is 12.8. The number of amides is 2. The Labute approximate surface area is 219 Å². The van der Waals surface area contributed by atoms with E-state index in [0.29, 0.717) is 24.8 Å². The predicted octanol–water partition coefficient (Wildman–Crippen LogP) is 3.43. The van der Waals surface area contributed by atoms with E-state index < -0.39 is 35.0 Å². The van der Waals surface area contributed by atoms with E-state index in [-0.39, 0.29) is 22.9 Å². The van der Waals surface area contributed by atoms with Gasteiger partial charge in [-0.1, -0.05) is 11.6 Å². The van der Waals surface area contributed by atoms with Gasteiger partial charge in [-0.3, -0.25) is 14.5 Å². The van der Waals surface area contributed by atoms with E-state index in [1.807, 2.05) is 13.8 Å². The van der Waals surface area contributed by atoms with Gasteiger partial charge in [0.15, 0.2) is 17.3 Å². The van der Waals surface area contributed by atoms with Crippen LogP contribution in [0.15, 0.2) is 47.2 Å². The summed E-state index contributed by atoms with van der Waals surface area (Å²) < 4.78 is 32.6. The van der Waals surface area contributed by atoms with Crippen molar-refractivity contribution in [3.05, 3.63) is 65.9 Å². The Balaban J connectivity index is 1.32. The molecule has 1 aromatic carbocycles. The molecule has 2 N–H and O–H groups in total. The van der Waals surface area contributed by atoms with Crippen LogP contribution in [-0.2, 0) is 10.3 Å². The van der Waals surface area contributed by atoms with Crippen LogP contribution >= 0.6 is 0 Å². The maximum atomic E-state index is 14.2. The van der Waals surface area contributed by atoms with E-state index in [1.165, 1.54) is 18.6 Å². The van der Waals surface area contributed by atoms with Gasteiger partial charge in [0, 0.05) is 49.7 Å². The highest BCUT2D eigenvalue weighted by molar-refractivity contribution is 5.94. The number of hydrogen-bond donors (Lipinski definition) is 2. The summed E-state index contributed by atoms with van der Waals surface area (Å²) in [6.45, 7) is 4.95. The Kier molecular flexibility index (Phi) is 7.20. The highest BCUT2D eigenvalue weighted by atomic mass is 19.1. The standard InChI is InChI=1S/C27H30F2N6O3/c1-27(2,26-30-10-4-11-31-26)33-24(36)19-15-35(17-5-3-6-17)12-9-21(19)32-25(37)22-14-23(38-34-22)18-8-7-16(28)13-20(18)29/h4,7-8,10-11,13-14,17,19,21H,3,5-6,9,12,15H2,1-2H3,(H,32,37)(H,33,36)/t19-,21-/m0/s1. The summed E-state index contributed by atoms with van der Waals surface area (Å²) in [7, 11) is 0. The molecule has 11 heteroatoms. The fraction of sp³-hybridized carbons (Fsp3) is 0.444. The van der Waals surface area contributed by atoms with Gasteiger partial charge in [0.25, 0.3) is 5.91 Å². The van der Waals surface area contributed by atoms with Crippen molar-refractivity contribution in [1.29, 1.82) is 0 Å². The van der Waals surface area contributed by atoms with Crippen molar-refractivity contribution in [3.63, 3.8) is 0 Å². The third kappa shape index (κ3) is 5.42. The fourth-order valence-electron chi connectivity index (χ4n) is 5.02. The molecule has 2 aliphatic rings. The average Bonchev–Trinajstić information content (AvgIpc) is 3.34. The van der Waals surface area contributed by atoms with Gasteiger partial charge in [0.05, 0.1) is 17.0 Å². The number of aromatic nitrogens is 3. The molecule has 0 spiro atoms. The zero-order chi connectivity index (χ0) is 26.9. The maximum absolute atomic E-state index is 14.2. The first-order valence-corrected chi connectivity index (χ1v) is 12.8. The molecule has 0 unspecified atom stereocenters. The summed E-state index contributed by atoms with van der Waals surface area (Å²) in [4.78, 5) is 37.6. The molecule has 2 atom stereocenters. The van der Waals surface area contributed by atoms with Crippen molar-refractivity contribution in [2.24, 2.45) is 5.92 Å². The van der Waals surface area contributed by atoms with Crippen LogP contribution in [-0.4, -0.2) is 57.0 Å². The number of piperidine rings is 1. The third-order valence-corrected chi connectivity index (χ3v) is 7.39. The van der Waals surface area contributed by atoms with Gasteiger partial charge in [-0.25, -0.2) is 18.7 Å². The van der Waals surface area contributed by atoms with Crippen molar-refractivity contribution < 1.29 is 22.9 Å². The van der Waals surface area contributed by atoms with Crippen LogP contribution in [0.4, 0.5) is 8.78 Å². The monoisotopic (exact) mass is 524 g/mol. The second kappa shape index (κ2) is 10.6. The lowest BCUT2D eigenvalue weighted by Crippen LogP contribution is -2.60. The highest BCUT2D eigenvalue weighted by Crippen LogP contribution is 2.30. The number of carbonyl (C=O) groups is 2. The molecule has 2 fully saturated rings. The van der Waals surface area contributed by atoms with Crippen molar-refractivity contribution >= 4 is 11.8 Å². The smallest absolute Gasteiger partial charge is 0.273 e. The van der Waals surface area contributed by atoms with E-state index in [9.17, 15) is 18.4 Å². The first kappa shape index (κ1) is 25.9. The van der Waals surface area contributed by atoms with Crippen LogP contribution in [0.2, 0.25) is 0 Å². The number of hydrogen-bond acceptors (Lipinski definition) is 7. The van der Waals surface area contributed by atoms with Crippen LogP contribution in [0.5, 0.6) is 0 Å². The second-order valence-corrected chi connectivity index (χ2v) is 10.4. The summed E-state index contributed by atoms with van der Waals surface area (Å²) in [6.07, 6.45) is 7.23. The molecule has 3 heterocycles. The molecule has 1 saturated carbocycles. The molecule has 9 nitrogen and oxygen atoms in total. The normalized spacial score (nSPS) is 20.5. The van der Waals surface area contributed by atoms with E-state index in [4.69, 9.17) is 4.52 Å². The van der Waals surface area contributed by atoms with Crippen molar-refractivity contribution in [3.8, 4) is 11.3 Å². The topological polar surface area (TPSA) is 113 Å². The molecule has 2 aromatic heterocycles. The van der Waals surface area contributed by atoms with Gasteiger partial charge >= 0.3 is 0 Å². The quantitative estimate of drug-likeness (QED) is 0.487. The lowest BCUT2D eigenvalue weighted by molar-refractivity contribution is -0.130. The summed E-state index contributed by atoms with van der Waals surface area (Å²) in [5.74, 6) is -2.30. The average molecular weight is 525 g/mol. The molecule has 2 amide bonds. The molecule has 200 valence electrons. The van der Waals surface area contributed by atoms with Gasteiger partial charge in [0.1, 0.15) is 11.6 Å². The number of benzene rings is 1. The van der Waals surface area contributed by atoms with Crippen LogP contribution in [0.1, 0.15) is 55.8 Å². The Morgan fingerprint density at radius 1 is 1.11 bits per heavy atom. The van der Waals surface area contributed by atoms with Crippen LogP contribution < -0.4 is 10.6 Å². The van der Waals surface area contributed by atoms with Crippen LogP contribution in [0.25, 0.3) is 11.3 Å². The largest absolute Gasteiger partial charge is 0.355 e. The molecular weight excluding hydrogens is 494 g/mol. The molecule has 5 rings (SSSR count). The number of likely N-dealkylation sites (tertiary alicyclic amines) is 1. The first-order chi connectivity index (χ1) is 18.2. The minimum absolute atomic E-state index is 0.00521. The molecule has 38 heavy (non-hydrogen) atoms. The second-order valence-electron chi connectivity index (χ2n) is 10.4. The van der Waals surface area contributed by atoms with Gasteiger partial charge in [-0.15, -0.1) is 0 Å². The zero-order valence-corrected chi connectivity index (χ0v) is 21.3. The number of nitrogens with one attached hydrogen (secondary N) is 2. The molecule has 0 bridgehead atoms. The third-order valence-electron chi connectivity index (χ3n) is 7.39. The molecule has 0 radical (unpaired) electrons. The highest BCUT2D eigenvalue weighted by Gasteiger charge is 2.41. The van der Waals surface area contributed by atoms with Gasteiger partial charge in [-0.05, 0) is 51.3 Å². The Morgan fingerprint density at radius 2 is 1.87 bits per heavy atom. The molecule has 3 aromatic rings. The van der Waals surface area contributed by atoms with Crippen LogP contribution in [0, 0.1) is 17.6 Å². The minimum atomic E-state index is -0.821.